The number of fused-ring (bicyclic) bond motifs is 2. The van der Waals surface area contributed by atoms with Crippen LogP contribution < -0.4 is 9.80 Å². The Morgan fingerprint density at radius 3 is 1.92 bits per heavy atom. The predicted octanol–water partition coefficient (Wildman–Crippen LogP) is 8.46. The summed E-state index contributed by atoms with van der Waals surface area (Å²) in [5, 5.41) is 0. The third-order valence-corrected chi connectivity index (χ3v) is 14.7. The van der Waals surface area contributed by atoms with Crippen molar-refractivity contribution in [2.24, 2.45) is 0 Å². The molecule has 192 valence electrons. The van der Waals surface area contributed by atoms with Crippen LogP contribution in [0.4, 0.5) is 11.4 Å². The van der Waals surface area contributed by atoms with Gasteiger partial charge < -0.3 is 0 Å². The van der Waals surface area contributed by atoms with Gasteiger partial charge in [-0.3, -0.25) is 0 Å². The number of nitrogens with zero attached hydrogens (tertiary/aromatic N) is 2. The molecule has 0 saturated heterocycles. The SMILES string of the molecule is CCCC1C2=C(CCC[CH]2[Sc]([CH2]c2ccccc2N(C)C)[CH2]c2ccccc2N(C)C)c2ccccc21. The minimum absolute atomic E-state index is 0.641. The summed E-state index contributed by atoms with van der Waals surface area (Å²) in [6, 6.07) is 27.8. The van der Waals surface area contributed by atoms with E-state index in [0.717, 1.165) is 3.67 Å². The number of hydrogen-bond donors (Lipinski definition) is 0. The van der Waals surface area contributed by atoms with E-state index in [4.69, 9.17) is 0 Å². The molecule has 0 heterocycles. The Hall–Kier alpha value is -2.13. The van der Waals surface area contributed by atoms with Gasteiger partial charge in [0.25, 0.3) is 0 Å². The minimum atomic E-state index is -1.94. The first kappa shape index (κ1) is 26.5. The molecule has 37 heavy (non-hydrogen) atoms. The first-order chi connectivity index (χ1) is 18.0. The van der Waals surface area contributed by atoms with Crippen LogP contribution in [-0.4, -0.2) is 28.2 Å². The van der Waals surface area contributed by atoms with Gasteiger partial charge in [-0.2, -0.15) is 0 Å². The molecule has 0 amide bonds. The zero-order valence-electron chi connectivity index (χ0n) is 23.5. The van der Waals surface area contributed by atoms with Crippen LogP contribution in [0.2, 0.25) is 3.67 Å². The van der Waals surface area contributed by atoms with Crippen LogP contribution >= 0.6 is 0 Å². The molecule has 2 aliphatic carbocycles. The van der Waals surface area contributed by atoms with Crippen LogP contribution in [-0.2, 0) is 29.8 Å². The second-order valence-electron chi connectivity index (χ2n) is 11.6. The summed E-state index contributed by atoms with van der Waals surface area (Å²) in [4.78, 5) is 4.64. The molecule has 2 atom stereocenters. The maximum atomic E-state index is 2.44. The van der Waals surface area contributed by atoms with Gasteiger partial charge in [-0.05, 0) is 0 Å². The van der Waals surface area contributed by atoms with Gasteiger partial charge >= 0.3 is 234 Å². The van der Waals surface area contributed by atoms with Crippen molar-refractivity contribution in [3.05, 3.63) is 101 Å². The van der Waals surface area contributed by atoms with E-state index in [1.54, 1.807) is 27.8 Å². The van der Waals surface area contributed by atoms with E-state index in [0.29, 0.717) is 5.92 Å². The first-order valence-electron chi connectivity index (χ1n) is 14.3. The molecule has 2 nitrogen and oxygen atoms in total. The van der Waals surface area contributed by atoms with Crippen LogP contribution in [0.5, 0.6) is 0 Å². The number of hydrogen-bond acceptors (Lipinski definition) is 2. The van der Waals surface area contributed by atoms with Crippen LogP contribution in [0.1, 0.15) is 67.2 Å². The topological polar surface area (TPSA) is 6.48 Å². The van der Waals surface area contributed by atoms with E-state index < -0.39 is 21.4 Å². The summed E-state index contributed by atoms with van der Waals surface area (Å²) in [7, 11) is 8.81. The Morgan fingerprint density at radius 1 is 0.757 bits per heavy atom. The zero-order valence-corrected chi connectivity index (χ0v) is 25.3. The van der Waals surface area contributed by atoms with E-state index >= 15 is 0 Å². The normalized spacial score (nSPS) is 18.4. The molecule has 3 heteroatoms. The van der Waals surface area contributed by atoms with Crippen LogP contribution in [0.3, 0.4) is 0 Å². The fraction of sp³-hybridized carbons (Fsp3) is 0.412. The fourth-order valence-corrected chi connectivity index (χ4v) is 13.8. The van der Waals surface area contributed by atoms with Crippen molar-refractivity contribution in [1.82, 2.24) is 0 Å². The van der Waals surface area contributed by atoms with Crippen LogP contribution in [0, 0.1) is 0 Å². The van der Waals surface area contributed by atoms with Gasteiger partial charge in [-0.15, -0.1) is 0 Å². The zero-order chi connectivity index (χ0) is 25.9. The van der Waals surface area contributed by atoms with Crippen LogP contribution in [0.15, 0.2) is 78.4 Å². The Morgan fingerprint density at radius 2 is 1.32 bits per heavy atom. The second-order valence-corrected chi connectivity index (χ2v) is 16.5. The first-order valence-corrected chi connectivity index (χ1v) is 17.9. The number of anilines is 2. The molecule has 0 N–H and O–H groups in total. The summed E-state index contributed by atoms with van der Waals surface area (Å²) in [5.74, 6) is 0.641. The maximum absolute atomic E-state index is 2.44. The Kier molecular flexibility index (Phi) is 8.39. The van der Waals surface area contributed by atoms with Crippen molar-refractivity contribution >= 4 is 16.9 Å². The molecule has 5 rings (SSSR count). The van der Waals surface area contributed by atoms with E-state index in [9.17, 15) is 0 Å². The van der Waals surface area contributed by atoms with Gasteiger partial charge in [0.05, 0.1) is 0 Å². The Bertz CT molecular complexity index is 1200. The van der Waals surface area contributed by atoms with E-state index in [1.807, 2.05) is 5.57 Å². The molecule has 3 aromatic rings. The fourth-order valence-electron chi connectivity index (χ4n) is 7.27. The van der Waals surface area contributed by atoms with Crippen molar-refractivity contribution in [1.29, 1.82) is 0 Å². The summed E-state index contributed by atoms with van der Waals surface area (Å²) in [6.07, 6.45) is 6.58. The number of allylic oxidation sites excluding steroid dienone is 2. The molecule has 0 radical (unpaired) electrons. The number of para-hydroxylation sites is 2. The van der Waals surface area contributed by atoms with E-state index in [-0.39, 0.29) is 0 Å². The van der Waals surface area contributed by atoms with E-state index in [1.165, 1.54) is 51.8 Å². The molecular weight excluding hydrogens is 481 g/mol. The molecule has 0 spiro atoms. The van der Waals surface area contributed by atoms with Crippen molar-refractivity contribution in [2.45, 2.75) is 57.0 Å². The Balaban J connectivity index is 1.60. The van der Waals surface area contributed by atoms with Gasteiger partial charge in [0, 0.05) is 0 Å². The molecule has 2 aliphatic rings. The monoisotopic (exact) mass is 524 g/mol. The van der Waals surface area contributed by atoms with Crippen molar-refractivity contribution in [3.63, 3.8) is 0 Å². The summed E-state index contributed by atoms with van der Waals surface area (Å²) in [6.45, 7) is 2.37. The molecule has 0 fully saturated rings. The Labute approximate surface area is 232 Å². The summed E-state index contributed by atoms with van der Waals surface area (Å²) in [5.41, 5.74) is 12.8. The third-order valence-electron chi connectivity index (χ3n) is 8.78. The van der Waals surface area contributed by atoms with Gasteiger partial charge in [-0.25, -0.2) is 0 Å². The summed E-state index contributed by atoms with van der Waals surface area (Å²) < 4.78 is 3.42. The van der Waals surface area contributed by atoms with E-state index in [2.05, 4.69) is 118 Å². The molecular formula is C34H43N2Sc. The second kappa shape index (κ2) is 11.7. The summed E-state index contributed by atoms with van der Waals surface area (Å²) >= 11 is -1.94. The van der Waals surface area contributed by atoms with Gasteiger partial charge in [0.15, 0.2) is 0 Å². The molecule has 2 unspecified atom stereocenters. The standard InChI is InChI=1S/C16H19.2C9H12N.Sc/c1-2-7-12-13-8-3-5-10-15(13)16-11-6-4-9-14(12)16;2*1-8-6-4-5-7-9(8)10(2)3;/h3,5,8-10,12H,2,4,6-7,11H2,1H3;2*4-7H,1H2,2-3H3;. The number of rotatable bonds is 9. The van der Waals surface area contributed by atoms with Crippen molar-refractivity contribution in [2.75, 3.05) is 38.0 Å². The predicted molar refractivity (Wildman–Crippen MR) is 158 cm³/mol. The third kappa shape index (κ3) is 5.39. The average Bonchev–Trinajstić information content (AvgIpc) is 3.23. The molecule has 3 aromatic carbocycles. The van der Waals surface area contributed by atoms with Gasteiger partial charge in [0.2, 0.25) is 0 Å². The molecule has 0 aromatic heterocycles. The molecule has 0 aliphatic heterocycles. The quantitative estimate of drug-likeness (QED) is 0.277. The van der Waals surface area contributed by atoms with Crippen molar-refractivity contribution in [3.8, 4) is 0 Å². The number of benzene rings is 3. The van der Waals surface area contributed by atoms with Crippen LogP contribution in [0.25, 0.3) is 5.57 Å². The van der Waals surface area contributed by atoms with Gasteiger partial charge in [-0.1, -0.05) is 0 Å². The molecule has 0 bridgehead atoms. The molecule has 0 saturated carbocycles. The van der Waals surface area contributed by atoms with Gasteiger partial charge in [0.1, 0.15) is 0 Å². The van der Waals surface area contributed by atoms with Crippen molar-refractivity contribution < 1.29 is 21.4 Å². The average molecular weight is 525 g/mol.